The predicted molar refractivity (Wildman–Crippen MR) is 52.9 cm³/mol. The molecule has 0 radical (unpaired) electrons. The number of anilines is 1. The summed E-state index contributed by atoms with van der Waals surface area (Å²) in [5.41, 5.74) is 0. The number of alkyl halides is 3. The molecule has 6 heteroatoms. The molecule has 0 saturated heterocycles. The number of nitrogens with zero attached hydrogens (tertiary/aromatic N) is 2. The molecule has 88 valence electrons. The Morgan fingerprint density at radius 1 is 1.25 bits per heavy atom. The normalized spacial score (nSPS) is 17.7. The molecule has 0 unspecified atom stereocenters. The van der Waals surface area contributed by atoms with Gasteiger partial charge < -0.3 is 5.32 Å². The Bertz CT molecular complexity index is 359. The molecule has 2 rings (SSSR count). The summed E-state index contributed by atoms with van der Waals surface area (Å²) in [6.07, 6.45) is 0.876. The molecule has 1 heterocycles. The molecule has 0 atom stereocenters. The van der Waals surface area contributed by atoms with E-state index in [2.05, 4.69) is 15.3 Å². The summed E-state index contributed by atoms with van der Waals surface area (Å²) >= 11 is 0. The first-order valence-electron chi connectivity index (χ1n) is 5.22. The van der Waals surface area contributed by atoms with Crippen molar-refractivity contribution in [1.29, 1.82) is 0 Å². The zero-order chi connectivity index (χ0) is 11.6. The maximum absolute atomic E-state index is 12.3. The summed E-state index contributed by atoms with van der Waals surface area (Å²) in [5.74, 6) is -0.829. The Morgan fingerprint density at radius 3 is 2.56 bits per heavy atom. The van der Waals surface area contributed by atoms with Crippen molar-refractivity contribution in [3.05, 3.63) is 18.1 Å². The lowest BCUT2D eigenvalue weighted by Gasteiger charge is -2.13. The van der Waals surface area contributed by atoms with Crippen molar-refractivity contribution < 1.29 is 13.2 Å². The van der Waals surface area contributed by atoms with Gasteiger partial charge in [-0.05, 0) is 18.9 Å². The molecule has 3 nitrogen and oxygen atoms in total. The van der Waals surface area contributed by atoms with Gasteiger partial charge in [0, 0.05) is 12.2 Å². The van der Waals surface area contributed by atoms with Crippen molar-refractivity contribution in [2.45, 2.75) is 37.9 Å². The van der Waals surface area contributed by atoms with Gasteiger partial charge in [0.05, 0.1) is 0 Å². The van der Waals surface area contributed by atoms with E-state index in [-0.39, 0.29) is 11.9 Å². The molecule has 1 aliphatic carbocycles. The van der Waals surface area contributed by atoms with Gasteiger partial charge in [-0.15, -0.1) is 0 Å². The van der Waals surface area contributed by atoms with Gasteiger partial charge in [-0.1, -0.05) is 12.8 Å². The summed E-state index contributed by atoms with van der Waals surface area (Å²) in [4.78, 5) is 6.67. The topological polar surface area (TPSA) is 37.8 Å². The monoisotopic (exact) mass is 231 g/mol. The van der Waals surface area contributed by atoms with Gasteiger partial charge in [0.2, 0.25) is 5.82 Å². The highest BCUT2D eigenvalue weighted by Gasteiger charge is 2.34. The number of aromatic nitrogens is 2. The van der Waals surface area contributed by atoms with E-state index in [0.717, 1.165) is 31.9 Å². The van der Waals surface area contributed by atoms with E-state index < -0.39 is 12.0 Å². The van der Waals surface area contributed by atoms with E-state index in [1.165, 1.54) is 6.07 Å². The van der Waals surface area contributed by atoms with Crippen molar-refractivity contribution >= 4 is 5.82 Å². The van der Waals surface area contributed by atoms with E-state index in [0.29, 0.717) is 0 Å². The maximum atomic E-state index is 12.3. The summed E-state index contributed by atoms with van der Waals surface area (Å²) in [5, 5.41) is 3.00. The fraction of sp³-hybridized carbons (Fsp3) is 0.600. The van der Waals surface area contributed by atoms with Crippen LogP contribution in [0.25, 0.3) is 0 Å². The number of hydrogen-bond acceptors (Lipinski definition) is 3. The second-order valence-corrected chi connectivity index (χ2v) is 3.89. The van der Waals surface area contributed by atoms with E-state index in [1.54, 1.807) is 0 Å². The van der Waals surface area contributed by atoms with Gasteiger partial charge in [0.15, 0.2) is 0 Å². The number of rotatable bonds is 2. The highest BCUT2D eigenvalue weighted by molar-refractivity contribution is 5.34. The first-order valence-corrected chi connectivity index (χ1v) is 5.22. The first-order chi connectivity index (χ1) is 7.55. The maximum Gasteiger partial charge on any atom is 0.451 e. The molecule has 1 N–H and O–H groups in total. The van der Waals surface area contributed by atoms with Gasteiger partial charge in [-0.2, -0.15) is 13.2 Å². The zero-order valence-electron chi connectivity index (χ0n) is 8.59. The van der Waals surface area contributed by atoms with Crippen molar-refractivity contribution in [3.63, 3.8) is 0 Å². The Labute approximate surface area is 91.1 Å². The molecule has 16 heavy (non-hydrogen) atoms. The summed E-state index contributed by atoms with van der Waals surface area (Å²) in [6.45, 7) is 0. The molecule has 1 aliphatic rings. The van der Waals surface area contributed by atoms with Crippen LogP contribution in [0.1, 0.15) is 31.5 Å². The van der Waals surface area contributed by atoms with Gasteiger partial charge >= 0.3 is 6.18 Å². The Kier molecular flexibility index (Phi) is 2.98. The van der Waals surface area contributed by atoms with Crippen LogP contribution in [0.2, 0.25) is 0 Å². The van der Waals surface area contributed by atoms with Crippen molar-refractivity contribution in [2.75, 3.05) is 5.32 Å². The molecule has 0 aromatic carbocycles. The third-order valence-corrected chi connectivity index (χ3v) is 2.62. The van der Waals surface area contributed by atoms with Crippen LogP contribution in [0.3, 0.4) is 0 Å². The minimum absolute atomic E-state index is 0.246. The highest BCUT2D eigenvalue weighted by atomic mass is 19.4. The molecule has 0 aliphatic heterocycles. The van der Waals surface area contributed by atoms with Crippen LogP contribution in [0.5, 0.6) is 0 Å². The lowest BCUT2D eigenvalue weighted by Crippen LogP contribution is -2.18. The van der Waals surface area contributed by atoms with E-state index in [9.17, 15) is 13.2 Å². The summed E-state index contributed by atoms with van der Waals surface area (Å²) in [7, 11) is 0. The average molecular weight is 231 g/mol. The molecular weight excluding hydrogens is 219 g/mol. The van der Waals surface area contributed by atoms with Crippen LogP contribution in [-0.4, -0.2) is 16.0 Å². The van der Waals surface area contributed by atoms with Gasteiger partial charge in [-0.3, -0.25) is 0 Å². The molecule has 0 bridgehead atoms. The summed E-state index contributed by atoms with van der Waals surface area (Å²) in [6, 6.07) is 1.71. The quantitative estimate of drug-likeness (QED) is 0.850. The predicted octanol–water partition coefficient (Wildman–Crippen LogP) is 2.85. The van der Waals surface area contributed by atoms with Crippen LogP contribution in [0.4, 0.5) is 19.0 Å². The fourth-order valence-corrected chi connectivity index (χ4v) is 1.85. The smallest absolute Gasteiger partial charge is 0.367 e. The SMILES string of the molecule is FC(F)(F)c1nccc(NC2CCCC2)n1. The molecule has 1 fully saturated rings. The second kappa shape index (κ2) is 4.27. The van der Waals surface area contributed by atoms with Crippen molar-refractivity contribution in [3.8, 4) is 0 Å². The largest absolute Gasteiger partial charge is 0.451 e. The summed E-state index contributed by atoms with van der Waals surface area (Å²) < 4.78 is 37.0. The molecule has 0 spiro atoms. The van der Waals surface area contributed by atoms with Gasteiger partial charge in [0.25, 0.3) is 0 Å². The molecule has 0 amide bonds. The number of hydrogen-bond donors (Lipinski definition) is 1. The molecule has 1 aromatic heterocycles. The Hall–Kier alpha value is -1.33. The van der Waals surface area contributed by atoms with Crippen LogP contribution < -0.4 is 5.32 Å². The Balaban J connectivity index is 2.09. The van der Waals surface area contributed by atoms with Gasteiger partial charge in [-0.25, -0.2) is 9.97 Å². The van der Waals surface area contributed by atoms with Crippen LogP contribution >= 0.6 is 0 Å². The van der Waals surface area contributed by atoms with Crippen molar-refractivity contribution in [2.24, 2.45) is 0 Å². The lowest BCUT2D eigenvalue weighted by atomic mass is 10.2. The van der Waals surface area contributed by atoms with Gasteiger partial charge in [0.1, 0.15) is 5.82 Å². The van der Waals surface area contributed by atoms with E-state index in [1.807, 2.05) is 0 Å². The molecular formula is C10H12F3N3. The average Bonchev–Trinajstić information content (AvgIpc) is 2.70. The van der Waals surface area contributed by atoms with E-state index >= 15 is 0 Å². The minimum atomic E-state index is -4.48. The van der Waals surface area contributed by atoms with Crippen LogP contribution in [0, 0.1) is 0 Å². The minimum Gasteiger partial charge on any atom is -0.367 e. The number of nitrogens with one attached hydrogen (secondary N) is 1. The molecule has 1 aromatic rings. The van der Waals surface area contributed by atoms with Crippen LogP contribution in [0.15, 0.2) is 12.3 Å². The lowest BCUT2D eigenvalue weighted by molar-refractivity contribution is -0.144. The first kappa shape index (κ1) is 11.2. The molecule has 1 saturated carbocycles. The number of halogens is 3. The zero-order valence-corrected chi connectivity index (χ0v) is 8.59. The van der Waals surface area contributed by atoms with Crippen LogP contribution in [-0.2, 0) is 6.18 Å². The van der Waals surface area contributed by atoms with E-state index in [4.69, 9.17) is 0 Å². The fourth-order valence-electron chi connectivity index (χ4n) is 1.85. The van der Waals surface area contributed by atoms with Crippen molar-refractivity contribution in [1.82, 2.24) is 9.97 Å². The highest BCUT2D eigenvalue weighted by Crippen LogP contribution is 2.27. The third-order valence-electron chi connectivity index (χ3n) is 2.62. The second-order valence-electron chi connectivity index (χ2n) is 3.89. The Morgan fingerprint density at radius 2 is 1.94 bits per heavy atom. The third kappa shape index (κ3) is 2.62. The standard InChI is InChI=1S/C10H12F3N3/c11-10(12,13)9-14-6-5-8(16-9)15-7-3-1-2-4-7/h5-7H,1-4H2,(H,14,15,16).